The van der Waals surface area contributed by atoms with Gasteiger partial charge in [-0.05, 0) is 36.5 Å². The molecule has 0 aromatic heterocycles. The molecule has 21 heavy (non-hydrogen) atoms. The highest BCUT2D eigenvalue weighted by atomic mass is 19.1. The van der Waals surface area contributed by atoms with E-state index in [1.54, 1.807) is 12.1 Å². The summed E-state index contributed by atoms with van der Waals surface area (Å²) in [6.07, 6.45) is 7.94. The number of rotatable bonds is 5. The van der Waals surface area contributed by atoms with Gasteiger partial charge in [0, 0.05) is 18.5 Å². The van der Waals surface area contributed by atoms with Crippen molar-refractivity contribution in [1.82, 2.24) is 5.32 Å². The number of benzene rings is 1. The van der Waals surface area contributed by atoms with E-state index in [4.69, 9.17) is 5.11 Å². The van der Waals surface area contributed by atoms with Gasteiger partial charge in [-0.25, -0.2) is 4.39 Å². The van der Waals surface area contributed by atoms with Crippen LogP contribution in [0.25, 0.3) is 0 Å². The van der Waals surface area contributed by atoms with E-state index in [2.05, 4.69) is 5.32 Å². The minimum Gasteiger partial charge on any atom is -0.392 e. The number of hydrogen-bond acceptors (Lipinski definition) is 2. The van der Waals surface area contributed by atoms with E-state index in [9.17, 15) is 9.18 Å². The van der Waals surface area contributed by atoms with E-state index in [-0.39, 0.29) is 18.1 Å². The summed E-state index contributed by atoms with van der Waals surface area (Å²) in [5.74, 6) is 0.163. The van der Waals surface area contributed by atoms with Gasteiger partial charge in [-0.2, -0.15) is 0 Å². The molecule has 2 N–H and O–H groups in total. The van der Waals surface area contributed by atoms with Crippen LogP contribution < -0.4 is 5.32 Å². The van der Waals surface area contributed by atoms with Gasteiger partial charge in [0.05, 0.1) is 6.61 Å². The highest BCUT2D eigenvalue weighted by Crippen LogP contribution is 2.25. The number of hydrogen-bond donors (Lipinski definition) is 2. The molecular formula is C17H24FNO2. The average molecular weight is 293 g/mol. The van der Waals surface area contributed by atoms with Crippen molar-refractivity contribution < 1.29 is 14.3 Å². The molecule has 0 heterocycles. The SMILES string of the molecule is O=C(CC1CCCCCC1)NCc1ccc(F)c(CO)c1. The Labute approximate surface area is 125 Å². The highest BCUT2D eigenvalue weighted by Gasteiger charge is 2.15. The minimum absolute atomic E-state index is 0.0665. The number of carbonyl (C=O) groups is 1. The summed E-state index contributed by atoms with van der Waals surface area (Å²) in [7, 11) is 0. The van der Waals surface area contributed by atoms with E-state index in [0.717, 1.165) is 18.4 Å². The number of nitrogens with one attached hydrogen (secondary N) is 1. The minimum atomic E-state index is -0.411. The lowest BCUT2D eigenvalue weighted by molar-refractivity contribution is -0.122. The fraction of sp³-hybridized carbons (Fsp3) is 0.588. The first-order chi connectivity index (χ1) is 10.2. The molecule has 1 aliphatic rings. The molecule has 4 heteroatoms. The van der Waals surface area contributed by atoms with Crippen molar-refractivity contribution in [3.05, 3.63) is 35.1 Å². The lowest BCUT2D eigenvalue weighted by Crippen LogP contribution is -2.25. The van der Waals surface area contributed by atoms with Gasteiger partial charge < -0.3 is 10.4 Å². The van der Waals surface area contributed by atoms with Crippen LogP contribution in [0.1, 0.15) is 56.1 Å². The molecule has 1 amide bonds. The summed E-state index contributed by atoms with van der Waals surface area (Å²) in [6.45, 7) is 0.0640. The van der Waals surface area contributed by atoms with Gasteiger partial charge in [0.15, 0.2) is 0 Å². The smallest absolute Gasteiger partial charge is 0.220 e. The van der Waals surface area contributed by atoms with Crippen LogP contribution >= 0.6 is 0 Å². The predicted octanol–water partition coefficient (Wildman–Crippen LogP) is 3.29. The molecule has 1 saturated carbocycles. The van der Waals surface area contributed by atoms with E-state index < -0.39 is 5.82 Å². The third-order valence-electron chi connectivity index (χ3n) is 4.22. The first kappa shape index (κ1) is 16.0. The van der Waals surface area contributed by atoms with Crippen LogP contribution in [0.4, 0.5) is 4.39 Å². The van der Waals surface area contributed by atoms with Crippen LogP contribution in [-0.2, 0) is 17.9 Å². The molecule has 0 bridgehead atoms. The fourth-order valence-corrected chi connectivity index (χ4v) is 2.96. The summed E-state index contributed by atoms with van der Waals surface area (Å²) < 4.78 is 13.3. The van der Waals surface area contributed by atoms with Gasteiger partial charge in [-0.15, -0.1) is 0 Å². The summed E-state index contributed by atoms with van der Waals surface area (Å²) in [6, 6.07) is 4.57. The van der Waals surface area contributed by atoms with Crippen LogP contribution in [-0.4, -0.2) is 11.0 Å². The Morgan fingerprint density at radius 1 is 1.24 bits per heavy atom. The maximum absolute atomic E-state index is 13.3. The van der Waals surface area contributed by atoms with Gasteiger partial charge >= 0.3 is 0 Å². The van der Waals surface area contributed by atoms with Crippen molar-refractivity contribution in [2.75, 3.05) is 0 Å². The number of aliphatic hydroxyl groups excluding tert-OH is 1. The molecule has 3 nitrogen and oxygen atoms in total. The van der Waals surface area contributed by atoms with Crippen LogP contribution in [0, 0.1) is 11.7 Å². The number of aliphatic hydroxyl groups is 1. The number of amides is 1. The van der Waals surface area contributed by atoms with E-state index in [1.165, 1.54) is 31.7 Å². The molecule has 2 rings (SSSR count). The molecule has 0 spiro atoms. The zero-order chi connectivity index (χ0) is 15.1. The van der Waals surface area contributed by atoms with E-state index in [1.807, 2.05) is 0 Å². The molecule has 0 aliphatic heterocycles. The van der Waals surface area contributed by atoms with Crippen LogP contribution in [0.2, 0.25) is 0 Å². The molecule has 1 aromatic carbocycles. The zero-order valence-electron chi connectivity index (χ0n) is 12.4. The standard InChI is InChI=1S/C17H24FNO2/c18-16-8-7-14(9-15(16)12-20)11-19-17(21)10-13-5-3-1-2-4-6-13/h7-9,13,20H,1-6,10-12H2,(H,19,21). The quantitative estimate of drug-likeness (QED) is 0.818. The summed E-state index contributed by atoms with van der Waals surface area (Å²) in [4.78, 5) is 12.0. The molecule has 116 valence electrons. The molecule has 1 fully saturated rings. The molecule has 0 saturated heterocycles. The molecule has 0 radical (unpaired) electrons. The zero-order valence-corrected chi connectivity index (χ0v) is 12.4. The van der Waals surface area contributed by atoms with Gasteiger partial charge in [0.25, 0.3) is 0 Å². The van der Waals surface area contributed by atoms with Crippen molar-refractivity contribution in [1.29, 1.82) is 0 Å². The Hall–Kier alpha value is -1.42. The Bertz CT molecular complexity index is 468. The van der Waals surface area contributed by atoms with Gasteiger partial charge in [0.1, 0.15) is 5.82 Å². The van der Waals surface area contributed by atoms with Crippen LogP contribution in [0.3, 0.4) is 0 Å². The first-order valence-corrected chi connectivity index (χ1v) is 7.84. The number of carbonyl (C=O) groups excluding carboxylic acids is 1. The van der Waals surface area contributed by atoms with Gasteiger partial charge in [-0.1, -0.05) is 31.7 Å². The molecule has 0 atom stereocenters. The molecule has 1 aliphatic carbocycles. The third kappa shape index (κ3) is 5.12. The van der Waals surface area contributed by atoms with Crippen LogP contribution in [0.5, 0.6) is 0 Å². The topological polar surface area (TPSA) is 49.3 Å². The second kappa shape index (κ2) is 8.13. The van der Waals surface area contributed by atoms with Crippen molar-refractivity contribution in [3.8, 4) is 0 Å². The second-order valence-electron chi connectivity index (χ2n) is 5.92. The van der Waals surface area contributed by atoms with Gasteiger partial charge in [-0.3, -0.25) is 4.79 Å². The lowest BCUT2D eigenvalue weighted by Gasteiger charge is -2.14. The van der Waals surface area contributed by atoms with Crippen molar-refractivity contribution in [2.45, 2.75) is 58.1 Å². The molecule has 1 aromatic rings. The average Bonchev–Trinajstić information content (AvgIpc) is 2.75. The summed E-state index contributed by atoms with van der Waals surface area (Å²) in [5.41, 5.74) is 1.08. The molecule has 0 unspecified atom stereocenters. The Morgan fingerprint density at radius 3 is 2.62 bits per heavy atom. The monoisotopic (exact) mass is 293 g/mol. The van der Waals surface area contributed by atoms with Crippen molar-refractivity contribution in [3.63, 3.8) is 0 Å². The van der Waals surface area contributed by atoms with E-state index >= 15 is 0 Å². The maximum atomic E-state index is 13.3. The highest BCUT2D eigenvalue weighted by molar-refractivity contribution is 5.76. The second-order valence-corrected chi connectivity index (χ2v) is 5.92. The Balaban J connectivity index is 1.80. The van der Waals surface area contributed by atoms with Crippen molar-refractivity contribution in [2.24, 2.45) is 5.92 Å². The third-order valence-corrected chi connectivity index (χ3v) is 4.22. The predicted molar refractivity (Wildman–Crippen MR) is 80.0 cm³/mol. The van der Waals surface area contributed by atoms with Crippen LogP contribution in [0.15, 0.2) is 18.2 Å². The van der Waals surface area contributed by atoms with Crippen molar-refractivity contribution >= 4 is 5.91 Å². The van der Waals surface area contributed by atoms with E-state index in [0.29, 0.717) is 18.9 Å². The first-order valence-electron chi connectivity index (χ1n) is 7.84. The molecular weight excluding hydrogens is 269 g/mol. The Kier molecular flexibility index (Phi) is 6.18. The fourth-order valence-electron chi connectivity index (χ4n) is 2.96. The lowest BCUT2D eigenvalue weighted by atomic mass is 9.96. The van der Waals surface area contributed by atoms with Gasteiger partial charge in [0.2, 0.25) is 5.91 Å². The number of halogens is 1. The summed E-state index contributed by atoms with van der Waals surface area (Å²) >= 11 is 0. The maximum Gasteiger partial charge on any atom is 0.220 e. The largest absolute Gasteiger partial charge is 0.392 e. The summed E-state index contributed by atoms with van der Waals surface area (Å²) in [5, 5.41) is 11.9. The Morgan fingerprint density at radius 2 is 1.95 bits per heavy atom. The normalized spacial score (nSPS) is 16.5.